The summed E-state index contributed by atoms with van der Waals surface area (Å²) in [5.41, 5.74) is 2.79. The summed E-state index contributed by atoms with van der Waals surface area (Å²) in [6.07, 6.45) is -2.54. The minimum atomic E-state index is -2.54. The van der Waals surface area contributed by atoms with E-state index >= 15 is 0 Å². The molecule has 1 rings (SSSR count). The first-order chi connectivity index (χ1) is 6.69. The Morgan fingerprint density at radius 2 is 2.21 bits per heavy atom. The Labute approximate surface area is 80.8 Å². The predicted molar refractivity (Wildman–Crippen MR) is 50.4 cm³/mol. The lowest BCUT2D eigenvalue weighted by Gasteiger charge is -2.11. The third-order valence-corrected chi connectivity index (χ3v) is 1.72. The molecule has 14 heavy (non-hydrogen) atoms. The number of nitrogens with two attached hydrogens (primary N) is 1. The molecule has 78 valence electrons. The molecule has 0 bridgehead atoms. The van der Waals surface area contributed by atoms with Crippen molar-refractivity contribution in [1.29, 1.82) is 0 Å². The SMILES string of the molecule is CCOc1cc(NN)ccc1C(F)F. The van der Waals surface area contributed by atoms with E-state index in [4.69, 9.17) is 10.6 Å². The first-order valence-corrected chi connectivity index (χ1v) is 4.20. The monoisotopic (exact) mass is 202 g/mol. The molecule has 0 aliphatic rings. The van der Waals surface area contributed by atoms with Gasteiger partial charge in [-0.15, -0.1) is 0 Å². The van der Waals surface area contributed by atoms with Gasteiger partial charge in [-0.05, 0) is 19.1 Å². The Morgan fingerprint density at radius 1 is 1.50 bits per heavy atom. The smallest absolute Gasteiger partial charge is 0.267 e. The highest BCUT2D eigenvalue weighted by atomic mass is 19.3. The van der Waals surface area contributed by atoms with Gasteiger partial charge in [0.25, 0.3) is 6.43 Å². The van der Waals surface area contributed by atoms with Crippen molar-refractivity contribution in [1.82, 2.24) is 0 Å². The molecule has 0 amide bonds. The first kappa shape index (κ1) is 10.7. The molecule has 0 aromatic heterocycles. The summed E-state index contributed by atoms with van der Waals surface area (Å²) >= 11 is 0. The van der Waals surface area contributed by atoms with Gasteiger partial charge in [0, 0.05) is 6.07 Å². The highest BCUT2D eigenvalue weighted by molar-refractivity contribution is 5.51. The zero-order valence-electron chi connectivity index (χ0n) is 7.76. The second-order valence-corrected chi connectivity index (χ2v) is 2.63. The maximum atomic E-state index is 12.5. The Hall–Kier alpha value is -1.36. The van der Waals surface area contributed by atoms with Crippen LogP contribution in [0.3, 0.4) is 0 Å². The number of alkyl halides is 2. The van der Waals surface area contributed by atoms with E-state index in [1.165, 1.54) is 18.2 Å². The number of nitrogens with one attached hydrogen (secondary N) is 1. The fraction of sp³-hybridized carbons (Fsp3) is 0.333. The number of anilines is 1. The molecule has 0 spiro atoms. The Balaban J connectivity index is 3.03. The van der Waals surface area contributed by atoms with E-state index in [1.807, 2.05) is 0 Å². The average Bonchev–Trinajstić information content (AvgIpc) is 2.17. The largest absolute Gasteiger partial charge is 0.493 e. The summed E-state index contributed by atoms with van der Waals surface area (Å²) in [5.74, 6) is 5.31. The van der Waals surface area contributed by atoms with Crippen LogP contribution in [0.15, 0.2) is 18.2 Å². The van der Waals surface area contributed by atoms with E-state index in [2.05, 4.69) is 5.43 Å². The van der Waals surface area contributed by atoms with E-state index in [0.717, 1.165) is 0 Å². The van der Waals surface area contributed by atoms with Crippen molar-refractivity contribution in [2.75, 3.05) is 12.0 Å². The van der Waals surface area contributed by atoms with Gasteiger partial charge in [0.2, 0.25) is 0 Å². The van der Waals surface area contributed by atoms with E-state index in [0.29, 0.717) is 12.3 Å². The quantitative estimate of drug-likeness (QED) is 0.581. The van der Waals surface area contributed by atoms with Gasteiger partial charge in [-0.25, -0.2) is 8.78 Å². The van der Waals surface area contributed by atoms with Crippen LogP contribution in [-0.4, -0.2) is 6.61 Å². The molecule has 0 atom stereocenters. The molecule has 3 N–H and O–H groups in total. The number of nitrogen functional groups attached to an aromatic ring is 1. The second-order valence-electron chi connectivity index (χ2n) is 2.63. The number of rotatable bonds is 4. The summed E-state index contributed by atoms with van der Waals surface area (Å²) in [6.45, 7) is 2.07. The molecular formula is C9H12F2N2O. The standard InChI is InChI=1S/C9H12F2N2O/c1-2-14-8-5-6(13-12)3-4-7(8)9(10)11/h3-5,9,13H,2,12H2,1H3. The van der Waals surface area contributed by atoms with Crippen molar-refractivity contribution in [3.8, 4) is 5.75 Å². The van der Waals surface area contributed by atoms with Gasteiger partial charge in [0.05, 0.1) is 17.9 Å². The molecule has 0 fully saturated rings. The summed E-state index contributed by atoms with van der Waals surface area (Å²) in [7, 11) is 0. The van der Waals surface area contributed by atoms with Crippen LogP contribution in [0.5, 0.6) is 5.75 Å². The highest BCUT2D eigenvalue weighted by Gasteiger charge is 2.13. The lowest BCUT2D eigenvalue weighted by atomic mass is 10.2. The Bertz CT molecular complexity index is 305. The zero-order valence-corrected chi connectivity index (χ0v) is 7.76. The molecule has 0 saturated carbocycles. The molecule has 3 nitrogen and oxygen atoms in total. The van der Waals surface area contributed by atoms with Crippen LogP contribution in [0.2, 0.25) is 0 Å². The van der Waals surface area contributed by atoms with Gasteiger partial charge in [-0.1, -0.05) is 0 Å². The van der Waals surface area contributed by atoms with Gasteiger partial charge in [0.15, 0.2) is 0 Å². The van der Waals surface area contributed by atoms with Crippen LogP contribution in [0.25, 0.3) is 0 Å². The van der Waals surface area contributed by atoms with E-state index in [1.54, 1.807) is 6.92 Å². The molecule has 1 aromatic rings. The second kappa shape index (κ2) is 4.76. The average molecular weight is 202 g/mol. The van der Waals surface area contributed by atoms with Crippen molar-refractivity contribution >= 4 is 5.69 Å². The van der Waals surface area contributed by atoms with Crippen LogP contribution in [0.1, 0.15) is 18.9 Å². The van der Waals surface area contributed by atoms with Crippen LogP contribution < -0.4 is 16.0 Å². The van der Waals surface area contributed by atoms with Crippen LogP contribution in [0.4, 0.5) is 14.5 Å². The minimum absolute atomic E-state index is 0.120. The van der Waals surface area contributed by atoms with Crippen molar-refractivity contribution < 1.29 is 13.5 Å². The van der Waals surface area contributed by atoms with Gasteiger partial charge >= 0.3 is 0 Å². The molecule has 0 heterocycles. The summed E-state index contributed by atoms with van der Waals surface area (Å²) in [6, 6.07) is 4.22. The fourth-order valence-electron chi connectivity index (χ4n) is 1.08. The first-order valence-electron chi connectivity index (χ1n) is 4.20. The zero-order chi connectivity index (χ0) is 10.6. The lowest BCUT2D eigenvalue weighted by Crippen LogP contribution is -2.07. The highest BCUT2D eigenvalue weighted by Crippen LogP contribution is 2.31. The van der Waals surface area contributed by atoms with Gasteiger partial charge in [-0.3, -0.25) is 5.84 Å². The normalized spacial score (nSPS) is 10.4. The van der Waals surface area contributed by atoms with Crippen LogP contribution >= 0.6 is 0 Å². The summed E-state index contributed by atoms with van der Waals surface area (Å²) in [4.78, 5) is 0. The van der Waals surface area contributed by atoms with Crippen LogP contribution in [0, 0.1) is 0 Å². The molecule has 5 heteroatoms. The molecule has 1 aromatic carbocycles. The van der Waals surface area contributed by atoms with Crippen LogP contribution in [-0.2, 0) is 0 Å². The molecule has 0 aliphatic carbocycles. The number of ether oxygens (including phenoxy) is 1. The van der Waals surface area contributed by atoms with Crippen molar-refractivity contribution in [3.05, 3.63) is 23.8 Å². The Kier molecular flexibility index (Phi) is 3.64. The number of benzene rings is 1. The molecule has 0 unspecified atom stereocenters. The molecule has 0 saturated heterocycles. The molecule has 0 aliphatic heterocycles. The molecule has 0 radical (unpaired) electrons. The number of hydrogen-bond acceptors (Lipinski definition) is 3. The third-order valence-electron chi connectivity index (χ3n) is 1.72. The van der Waals surface area contributed by atoms with E-state index < -0.39 is 6.43 Å². The van der Waals surface area contributed by atoms with Gasteiger partial charge in [-0.2, -0.15) is 0 Å². The van der Waals surface area contributed by atoms with E-state index in [9.17, 15) is 8.78 Å². The van der Waals surface area contributed by atoms with Gasteiger partial charge < -0.3 is 10.2 Å². The predicted octanol–water partition coefficient (Wildman–Crippen LogP) is 2.31. The minimum Gasteiger partial charge on any atom is -0.493 e. The number of halogens is 2. The van der Waals surface area contributed by atoms with Crippen molar-refractivity contribution in [3.63, 3.8) is 0 Å². The van der Waals surface area contributed by atoms with Crippen molar-refractivity contribution in [2.45, 2.75) is 13.3 Å². The topological polar surface area (TPSA) is 47.3 Å². The molecular weight excluding hydrogens is 190 g/mol. The maximum absolute atomic E-state index is 12.5. The summed E-state index contributed by atoms with van der Waals surface area (Å²) < 4.78 is 30.0. The lowest BCUT2D eigenvalue weighted by molar-refractivity contribution is 0.145. The fourth-order valence-corrected chi connectivity index (χ4v) is 1.08. The Morgan fingerprint density at radius 3 is 2.71 bits per heavy atom. The number of hydrogen-bond donors (Lipinski definition) is 2. The van der Waals surface area contributed by atoms with Gasteiger partial charge in [0.1, 0.15) is 5.75 Å². The van der Waals surface area contributed by atoms with Crippen molar-refractivity contribution in [2.24, 2.45) is 5.84 Å². The summed E-state index contributed by atoms with van der Waals surface area (Å²) in [5, 5.41) is 0. The maximum Gasteiger partial charge on any atom is 0.267 e. The number of hydrazine groups is 1. The third kappa shape index (κ3) is 2.32. The van der Waals surface area contributed by atoms with E-state index in [-0.39, 0.29) is 11.3 Å².